The lowest BCUT2D eigenvalue weighted by atomic mass is 10.1. The summed E-state index contributed by atoms with van der Waals surface area (Å²) in [6, 6.07) is 19.3. The standard InChI is InChI=1S/C27H25BrN2O3S/c1-4-17-10-6-8-12-21(17)29-27-30(22-13-9-7-11-18(22)5-2)26(32)24(34-27)15-19-14-20(28)16-23(33-3)25(19)31/h6-16,31H,4-5H2,1-3H3/b24-15+,29-27?. The van der Waals surface area contributed by atoms with Gasteiger partial charge in [0.25, 0.3) is 5.91 Å². The Labute approximate surface area is 212 Å². The van der Waals surface area contributed by atoms with E-state index >= 15 is 0 Å². The minimum Gasteiger partial charge on any atom is -0.504 e. The maximum Gasteiger partial charge on any atom is 0.271 e. The molecule has 0 unspecified atom stereocenters. The molecule has 0 spiro atoms. The highest BCUT2D eigenvalue weighted by Gasteiger charge is 2.36. The predicted molar refractivity (Wildman–Crippen MR) is 144 cm³/mol. The minimum atomic E-state index is -0.183. The zero-order chi connectivity index (χ0) is 24.2. The molecule has 0 radical (unpaired) electrons. The number of anilines is 1. The summed E-state index contributed by atoms with van der Waals surface area (Å²) in [7, 11) is 1.49. The van der Waals surface area contributed by atoms with Crippen LogP contribution in [0.2, 0.25) is 0 Å². The molecule has 7 heteroatoms. The van der Waals surface area contributed by atoms with Crippen LogP contribution < -0.4 is 9.64 Å². The third-order valence-electron chi connectivity index (χ3n) is 5.58. The molecular formula is C27H25BrN2O3S. The van der Waals surface area contributed by atoms with Gasteiger partial charge in [0.2, 0.25) is 0 Å². The number of aromatic hydroxyl groups is 1. The van der Waals surface area contributed by atoms with Gasteiger partial charge in [0.15, 0.2) is 16.7 Å². The Morgan fingerprint density at radius 2 is 1.74 bits per heavy atom. The second-order valence-corrected chi connectivity index (χ2v) is 9.58. The van der Waals surface area contributed by atoms with Crippen LogP contribution in [0, 0.1) is 0 Å². The number of hydrogen-bond donors (Lipinski definition) is 1. The average molecular weight is 537 g/mol. The first-order valence-corrected chi connectivity index (χ1v) is 12.6. The molecule has 4 rings (SSSR count). The molecule has 1 N–H and O–H groups in total. The number of aryl methyl sites for hydroxylation is 2. The lowest BCUT2D eigenvalue weighted by molar-refractivity contribution is -0.113. The number of carbonyl (C=O) groups is 1. The van der Waals surface area contributed by atoms with Crippen LogP contribution >= 0.6 is 27.7 Å². The van der Waals surface area contributed by atoms with E-state index in [9.17, 15) is 9.90 Å². The van der Waals surface area contributed by atoms with Crippen LogP contribution in [0.5, 0.6) is 11.5 Å². The molecular weight excluding hydrogens is 512 g/mol. The summed E-state index contributed by atoms with van der Waals surface area (Å²) in [4.78, 5) is 20.8. The zero-order valence-corrected chi connectivity index (χ0v) is 21.6. The third-order valence-corrected chi connectivity index (χ3v) is 7.01. The van der Waals surface area contributed by atoms with Crippen LogP contribution in [0.3, 0.4) is 0 Å². The SMILES string of the molecule is CCc1ccccc1N=C1S/C(=C/c2cc(Br)cc(OC)c2O)C(=O)N1c1ccccc1CC. The normalized spacial score (nSPS) is 16.0. The minimum absolute atomic E-state index is 0.0196. The molecule has 1 heterocycles. The molecule has 0 aromatic heterocycles. The Hall–Kier alpha value is -3.03. The number of nitrogens with zero attached hydrogens (tertiary/aromatic N) is 2. The fourth-order valence-electron chi connectivity index (χ4n) is 3.81. The summed E-state index contributed by atoms with van der Waals surface area (Å²) in [5.41, 5.74) is 4.31. The monoisotopic (exact) mass is 536 g/mol. The van der Waals surface area contributed by atoms with Crippen LogP contribution in [-0.4, -0.2) is 23.3 Å². The zero-order valence-electron chi connectivity index (χ0n) is 19.2. The third kappa shape index (κ3) is 4.76. The van der Waals surface area contributed by atoms with Gasteiger partial charge in [0.05, 0.1) is 23.4 Å². The Kier molecular flexibility index (Phi) is 7.44. The molecule has 174 valence electrons. The van der Waals surface area contributed by atoms with Crippen molar-refractivity contribution in [2.75, 3.05) is 12.0 Å². The number of thioether (sulfide) groups is 1. The molecule has 1 aliphatic heterocycles. The summed E-state index contributed by atoms with van der Waals surface area (Å²) in [6.07, 6.45) is 3.31. The highest BCUT2D eigenvalue weighted by atomic mass is 79.9. The van der Waals surface area contributed by atoms with E-state index in [1.54, 1.807) is 23.1 Å². The summed E-state index contributed by atoms with van der Waals surface area (Å²) in [5, 5.41) is 11.2. The molecule has 34 heavy (non-hydrogen) atoms. The van der Waals surface area contributed by atoms with Crippen molar-refractivity contribution >= 4 is 56.2 Å². The first kappa shape index (κ1) is 24.1. The highest BCUT2D eigenvalue weighted by Crippen LogP contribution is 2.41. The summed E-state index contributed by atoms with van der Waals surface area (Å²) in [5.74, 6) is 0.126. The van der Waals surface area contributed by atoms with E-state index in [-0.39, 0.29) is 11.7 Å². The van der Waals surface area contributed by atoms with E-state index < -0.39 is 0 Å². The Bertz CT molecular complexity index is 1300. The number of phenolic OH excluding ortho intramolecular Hbond substituents is 1. The summed E-state index contributed by atoms with van der Waals surface area (Å²) < 4.78 is 6.01. The van der Waals surface area contributed by atoms with E-state index in [4.69, 9.17) is 9.73 Å². The largest absolute Gasteiger partial charge is 0.504 e. The van der Waals surface area contributed by atoms with E-state index in [1.165, 1.54) is 18.9 Å². The van der Waals surface area contributed by atoms with Gasteiger partial charge in [-0.3, -0.25) is 9.69 Å². The lowest BCUT2D eigenvalue weighted by Gasteiger charge is -2.19. The summed E-state index contributed by atoms with van der Waals surface area (Å²) in [6.45, 7) is 4.16. The highest BCUT2D eigenvalue weighted by molar-refractivity contribution is 9.10. The van der Waals surface area contributed by atoms with E-state index in [0.29, 0.717) is 21.4 Å². The topological polar surface area (TPSA) is 62.1 Å². The number of carbonyl (C=O) groups excluding carboxylic acids is 1. The number of amides is 1. The van der Waals surface area contributed by atoms with E-state index in [0.717, 1.165) is 39.8 Å². The molecule has 0 saturated carbocycles. The van der Waals surface area contributed by atoms with Gasteiger partial charge in [-0.05, 0) is 66.1 Å². The molecule has 1 fully saturated rings. The molecule has 0 bridgehead atoms. The van der Waals surface area contributed by atoms with Crippen LogP contribution in [0.15, 0.2) is 75.0 Å². The van der Waals surface area contributed by atoms with Crippen LogP contribution in [0.25, 0.3) is 6.08 Å². The molecule has 0 aliphatic carbocycles. The number of ether oxygens (including phenoxy) is 1. The van der Waals surface area contributed by atoms with Gasteiger partial charge in [-0.15, -0.1) is 0 Å². The second-order valence-electron chi connectivity index (χ2n) is 7.66. The van der Waals surface area contributed by atoms with Crippen molar-refractivity contribution in [1.82, 2.24) is 0 Å². The number of para-hydroxylation sites is 2. The second kappa shape index (κ2) is 10.5. The quantitative estimate of drug-likeness (QED) is 0.341. The molecule has 5 nitrogen and oxygen atoms in total. The maximum absolute atomic E-state index is 13.7. The fraction of sp³-hybridized carbons (Fsp3) is 0.185. The van der Waals surface area contributed by atoms with Crippen molar-refractivity contribution in [1.29, 1.82) is 0 Å². The van der Waals surface area contributed by atoms with Crippen molar-refractivity contribution in [3.63, 3.8) is 0 Å². The van der Waals surface area contributed by atoms with Gasteiger partial charge in [-0.1, -0.05) is 66.2 Å². The van der Waals surface area contributed by atoms with E-state index in [1.807, 2.05) is 48.5 Å². The van der Waals surface area contributed by atoms with E-state index in [2.05, 4.69) is 29.8 Å². The molecule has 1 saturated heterocycles. The number of amidine groups is 1. The van der Waals surface area contributed by atoms with Gasteiger partial charge in [0, 0.05) is 10.0 Å². The molecule has 0 atom stereocenters. The van der Waals surface area contributed by atoms with Gasteiger partial charge in [-0.2, -0.15) is 0 Å². The lowest BCUT2D eigenvalue weighted by Crippen LogP contribution is -2.29. The number of aliphatic imine (C=N–C) groups is 1. The number of hydrogen-bond acceptors (Lipinski definition) is 5. The fourth-order valence-corrected chi connectivity index (χ4v) is 5.24. The van der Waals surface area contributed by atoms with Crippen LogP contribution in [-0.2, 0) is 17.6 Å². The number of methoxy groups -OCH3 is 1. The van der Waals surface area contributed by atoms with Crippen molar-refractivity contribution < 1.29 is 14.6 Å². The molecule has 3 aromatic carbocycles. The van der Waals surface area contributed by atoms with Crippen molar-refractivity contribution in [2.24, 2.45) is 4.99 Å². The maximum atomic E-state index is 13.7. The Morgan fingerprint density at radius 1 is 1.06 bits per heavy atom. The van der Waals surface area contributed by atoms with Gasteiger partial charge < -0.3 is 9.84 Å². The predicted octanol–water partition coefficient (Wildman–Crippen LogP) is 7.10. The molecule has 1 amide bonds. The van der Waals surface area contributed by atoms with Gasteiger partial charge >= 0.3 is 0 Å². The number of halogens is 1. The number of benzene rings is 3. The first-order chi connectivity index (χ1) is 16.5. The summed E-state index contributed by atoms with van der Waals surface area (Å²) >= 11 is 4.74. The van der Waals surface area contributed by atoms with Crippen molar-refractivity contribution in [3.05, 3.63) is 86.7 Å². The molecule has 1 aliphatic rings. The van der Waals surface area contributed by atoms with Crippen molar-refractivity contribution in [2.45, 2.75) is 26.7 Å². The first-order valence-electron chi connectivity index (χ1n) is 11.0. The molecule has 3 aromatic rings. The smallest absolute Gasteiger partial charge is 0.271 e. The van der Waals surface area contributed by atoms with Crippen LogP contribution in [0.1, 0.15) is 30.5 Å². The number of rotatable bonds is 6. The van der Waals surface area contributed by atoms with Crippen molar-refractivity contribution in [3.8, 4) is 11.5 Å². The van der Waals surface area contributed by atoms with Crippen LogP contribution in [0.4, 0.5) is 11.4 Å². The Morgan fingerprint density at radius 3 is 2.44 bits per heavy atom. The van der Waals surface area contributed by atoms with Gasteiger partial charge in [-0.25, -0.2) is 4.99 Å². The number of phenols is 1. The average Bonchev–Trinajstić information content (AvgIpc) is 3.15. The Balaban J connectivity index is 1.87. The van der Waals surface area contributed by atoms with Gasteiger partial charge in [0.1, 0.15) is 0 Å².